The Kier molecular flexibility index (Phi) is 30.0. The van der Waals surface area contributed by atoms with Crippen LogP contribution in [0.1, 0.15) is 75.7 Å². The maximum absolute atomic E-state index is 11.8. The molecule has 0 aromatic rings. The fourth-order valence-electron chi connectivity index (χ4n) is 3.64. The molecule has 0 saturated carbocycles. The number of rotatable bonds is 34. The molecule has 0 radical (unpaired) electrons. The molecule has 0 spiro atoms. The van der Waals surface area contributed by atoms with Gasteiger partial charge >= 0.3 is 0 Å². The molecule has 1 amide bonds. The first-order valence-electron chi connectivity index (χ1n) is 17.8. The molecule has 0 aromatic carbocycles. The largest absolute Gasteiger partial charge is 0.379 e. The minimum absolute atomic E-state index is 0.0250. The van der Waals surface area contributed by atoms with Crippen molar-refractivity contribution in [2.24, 2.45) is 0 Å². The zero-order valence-corrected chi connectivity index (χ0v) is 32.4. The number of amides is 1. The predicted molar refractivity (Wildman–Crippen MR) is 188 cm³/mol. The monoisotopic (exact) mass is 713 g/mol. The SMILES string of the molecule is CC(C)OCC(COCCOCCOCCOCCNC(C)(C)C)OOC(COCCOCCOCCC(=O)NC(C)(C)C)COC(C)C. The summed E-state index contributed by atoms with van der Waals surface area (Å²) in [4.78, 5) is 23.3. The van der Waals surface area contributed by atoms with Crippen LogP contribution in [0.2, 0.25) is 0 Å². The Balaban J connectivity index is 4.17. The Morgan fingerprint density at radius 2 is 0.857 bits per heavy atom. The smallest absolute Gasteiger partial charge is 0.222 e. The van der Waals surface area contributed by atoms with Gasteiger partial charge < -0.3 is 53.3 Å². The van der Waals surface area contributed by atoms with E-state index >= 15 is 0 Å². The van der Waals surface area contributed by atoms with Gasteiger partial charge in [0.15, 0.2) is 0 Å². The van der Waals surface area contributed by atoms with Crippen LogP contribution in [-0.4, -0.2) is 154 Å². The van der Waals surface area contributed by atoms with Crippen LogP contribution in [0.25, 0.3) is 0 Å². The summed E-state index contributed by atoms with van der Waals surface area (Å²) in [6.07, 6.45) is -0.537. The lowest BCUT2D eigenvalue weighted by Crippen LogP contribution is -2.40. The van der Waals surface area contributed by atoms with Gasteiger partial charge in [-0.05, 0) is 69.2 Å². The van der Waals surface area contributed by atoms with Gasteiger partial charge in [0.1, 0.15) is 12.2 Å². The van der Waals surface area contributed by atoms with Crippen molar-refractivity contribution in [3.05, 3.63) is 0 Å². The Morgan fingerprint density at radius 3 is 1.22 bits per heavy atom. The Labute approximate surface area is 297 Å². The van der Waals surface area contributed by atoms with Crippen LogP contribution in [0, 0.1) is 0 Å². The standard InChI is InChI=1S/C35H72N2O12/c1-29(2)46-27-31(25-44-23-21-42-17-15-39-13-11-33(38)37-35(8,9)10)48-49-32(28-47-30(3)4)26-45-24-22-43-20-19-41-18-16-40-14-12-36-34(5,6)7/h29-32,36H,11-28H2,1-10H3,(H,37,38). The van der Waals surface area contributed by atoms with Crippen molar-refractivity contribution in [3.8, 4) is 0 Å². The molecule has 0 aliphatic heterocycles. The lowest BCUT2D eigenvalue weighted by Gasteiger charge is -2.23. The molecule has 294 valence electrons. The van der Waals surface area contributed by atoms with Crippen molar-refractivity contribution in [3.63, 3.8) is 0 Å². The molecule has 14 nitrogen and oxygen atoms in total. The second-order valence-corrected chi connectivity index (χ2v) is 14.1. The summed E-state index contributed by atoms with van der Waals surface area (Å²) in [6.45, 7) is 27.4. The summed E-state index contributed by atoms with van der Waals surface area (Å²) in [5.41, 5.74) is -0.153. The third-order valence-electron chi connectivity index (χ3n) is 5.92. The summed E-state index contributed by atoms with van der Waals surface area (Å²) in [6, 6.07) is 0. The fourth-order valence-corrected chi connectivity index (χ4v) is 3.64. The van der Waals surface area contributed by atoms with Crippen molar-refractivity contribution in [1.29, 1.82) is 0 Å². The molecular formula is C35H72N2O12. The van der Waals surface area contributed by atoms with E-state index in [1.807, 2.05) is 48.5 Å². The van der Waals surface area contributed by atoms with E-state index in [1.54, 1.807) is 0 Å². The highest BCUT2D eigenvalue weighted by Gasteiger charge is 2.19. The molecule has 0 rings (SSSR count). The molecule has 2 unspecified atom stereocenters. The van der Waals surface area contributed by atoms with Crippen LogP contribution in [0.4, 0.5) is 0 Å². The van der Waals surface area contributed by atoms with Crippen LogP contribution in [0.3, 0.4) is 0 Å². The van der Waals surface area contributed by atoms with Gasteiger partial charge in [-0.2, -0.15) is 0 Å². The number of carbonyl (C=O) groups is 1. The van der Waals surface area contributed by atoms with Crippen LogP contribution in [-0.2, 0) is 57.2 Å². The molecule has 0 fully saturated rings. The minimum Gasteiger partial charge on any atom is -0.379 e. The molecular weight excluding hydrogens is 640 g/mol. The number of carbonyl (C=O) groups excluding carboxylic acids is 1. The maximum Gasteiger partial charge on any atom is 0.222 e. The molecule has 0 heterocycles. The van der Waals surface area contributed by atoms with Gasteiger partial charge in [-0.15, -0.1) is 0 Å². The molecule has 0 bridgehead atoms. The van der Waals surface area contributed by atoms with Crippen molar-refractivity contribution >= 4 is 5.91 Å². The Bertz CT molecular complexity index is 747. The van der Waals surface area contributed by atoms with Gasteiger partial charge in [-0.25, -0.2) is 9.78 Å². The van der Waals surface area contributed by atoms with Crippen molar-refractivity contribution < 1.29 is 57.2 Å². The van der Waals surface area contributed by atoms with E-state index in [9.17, 15) is 4.79 Å². The van der Waals surface area contributed by atoms with E-state index in [1.165, 1.54) is 0 Å². The number of nitrogens with one attached hydrogen (secondary N) is 2. The Hall–Kier alpha value is -1.01. The molecule has 2 atom stereocenters. The van der Waals surface area contributed by atoms with E-state index in [-0.39, 0.29) is 42.4 Å². The van der Waals surface area contributed by atoms with E-state index in [0.29, 0.717) is 98.9 Å². The number of ether oxygens (including phenoxy) is 9. The van der Waals surface area contributed by atoms with E-state index in [4.69, 9.17) is 52.4 Å². The molecule has 0 aliphatic rings. The molecule has 0 aliphatic carbocycles. The predicted octanol–water partition coefficient (Wildman–Crippen LogP) is 3.33. The van der Waals surface area contributed by atoms with Gasteiger partial charge in [-0.1, -0.05) is 0 Å². The summed E-state index contributed by atoms with van der Waals surface area (Å²) in [5.74, 6) is -0.0317. The first-order chi connectivity index (χ1) is 23.2. The quantitative estimate of drug-likeness (QED) is 0.0573. The first kappa shape index (κ1) is 48.0. The van der Waals surface area contributed by atoms with Gasteiger partial charge in [0, 0.05) is 24.0 Å². The zero-order valence-electron chi connectivity index (χ0n) is 32.4. The maximum atomic E-state index is 11.8. The van der Waals surface area contributed by atoms with Crippen LogP contribution < -0.4 is 10.6 Å². The average molecular weight is 713 g/mol. The lowest BCUT2D eigenvalue weighted by atomic mass is 10.1. The highest BCUT2D eigenvalue weighted by molar-refractivity contribution is 5.76. The van der Waals surface area contributed by atoms with E-state index in [2.05, 4.69) is 31.4 Å². The van der Waals surface area contributed by atoms with Crippen molar-refractivity contribution in [1.82, 2.24) is 10.6 Å². The molecule has 2 N–H and O–H groups in total. The highest BCUT2D eigenvalue weighted by Crippen LogP contribution is 2.06. The third-order valence-corrected chi connectivity index (χ3v) is 5.92. The summed E-state index contributed by atoms with van der Waals surface area (Å²) >= 11 is 0. The summed E-state index contributed by atoms with van der Waals surface area (Å²) < 4.78 is 50.8. The van der Waals surface area contributed by atoms with Crippen LogP contribution in [0.15, 0.2) is 0 Å². The topological polar surface area (TPSA) is 143 Å². The Morgan fingerprint density at radius 1 is 0.490 bits per heavy atom. The van der Waals surface area contributed by atoms with Crippen LogP contribution in [0.5, 0.6) is 0 Å². The van der Waals surface area contributed by atoms with Gasteiger partial charge in [0.05, 0.1) is 118 Å². The molecule has 0 aromatic heterocycles. The minimum atomic E-state index is -0.458. The molecule has 49 heavy (non-hydrogen) atoms. The lowest BCUT2D eigenvalue weighted by molar-refractivity contribution is -0.371. The average Bonchev–Trinajstić information content (AvgIpc) is 2.99. The second kappa shape index (κ2) is 30.6. The molecule has 14 heteroatoms. The van der Waals surface area contributed by atoms with Crippen molar-refractivity contribution in [2.75, 3.05) is 112 Å². The second-order valence-electron chi connectivity index (χ2n) is 14.1. The van der Waals surface area contributed by atoms with E-state index < -0.39 is 12.2 Å². The summed E-state index contributed by atoms with van der Waals surface area (Å²) in [7, 11) is 0. The van der Waals surface area contributed by atoms with E-state index in [0.717, 1.165) is 6.54 Å². The summed E-state index contributed by atoms with van der Waals surface area (Å²) in [5, 5.41) is 6.28. The zero-order chi connectivity index (χ0) is 36.8. The third kappa shape index (κ3) is 38.1. The fraction of sp³-hybridized carbons (Fsp3) is 0.971. The first-order valence-corrected chi connectivity index (χ1v) is 17.8. The highest BCUT2D eigenvalue weighted by atomic mass is 17.2. The number of hydrogen-bond donors (Lipinski definition) is 2. The van der Waals surface area contributed by atoms with Gasteiger partial charge in [0.2, 0.25) is 5.91 Å². The molecule has 0 saturated heterocycles. The van der Waals surface area contributed by atoms with Crippen molar-refractivity contribution in [2.45, 2.75) is 111 Å². The number of hydrogen-bond acceptors (Lipinski definition) is 13. The van der Waals surface area contributed by atoms with Gasteiger partial charge in [0.25, 0.3) is 0 Å². The van der Waals surface area contributed by atoms with Crippen LogP contribution >= 0.6 is 0 Å². The van der Waals surface area contributed by atoms with Gasteiger partial charge in [-0.3, -0.25) is 4.79 Å². The normalized spacial score (nSPS) is 13.8.